The van der Waals surface area contributed by atoms with Crippen LogP contribution in [0.4, 0.5) is 5.69 Å². The highest BCUT2D eigenvalue weighted by molar-refractivity contribution is 6.36. The molecule has 0 saturated carbocycles. The molecule has 1 aromatic heterocycles. The van der Waals surface area contributed by atoms with Crippen molar-refractivity contribution in [3.8, 4) is 0 Å². The molecule has 4 rings (SSSR count). The van der Waals surface area contributed by atoms with E-state index in [0.717, 1.165) is 16.8 Å². The molecule has 2 amide bonds. The van der Waals surface area contributed by atoms with Crippen LogP contribution in [-0.4, -0.2) is 16.7 Å². The summed E-state index contributed by atoms with van der Waals surface area (Å²) in [5.74, 6) is -0.209. The van der Waals surface area contributed by atoms with Crippen molar-refractivity contribution in [2.75, 3.05) is 5.32 Å². The number of nitrogens with zero attached hydrogens (tertiary/aromatic N) is 1. The maximum Gasteiger partial charge on any atom is 0.278 e. The Balaban J connectivity index is 1.77. The smallest absolute Gasteiger partial charge is 0.278 e. The van der Waals surface area contributed by atoms with Gasteiger partial charge in [-0.05, 0) is 55.3 Å². The first kappa shape index (κ1) is 19.0. The van der Waals surface area contributed by atoms with E-state index in [0.29, 0.717) is 21.9 Å². The fourth-order valence-electron chi connectivity index (χ4n) is 3.28. The van der Waals surface area contributed by atoms with Gasteiger partial charge in [-0.15, -0.1) is 0 Å². The number of benzene rings is 2. The third-order valence-corrected chi connectivity index (χ3v) is 5.09. The molecule has 5 nitrogen and oxygen atoms in total. The van der Waals surface area contributed by atoms with E-state index >= 15 is 0 Å². The monoisotopic (exact) mass is 406 g/mol. The maximum absolute atomic E-state index is 13.2. The molecule has 0 bridgehead atoms. The summed E-state index contributed by atoms with van der Waals surface area (Å²) in [6.07, 6.45) is 1.52. The molecule has 1 N–H and O–H groups in total. The predicted molar refractivity (Wildman–Crippen MR) is 112 cm³/mol. The molecule has 0 saturated heterocycles. The van der Waals surface area contributed by atoms with Crippen LogP contribution < -0.4 is 5.32 Å². The highest BCUT2D eigenvalue weighted by Gasteiger charge is 2.39. The zero-order chi connectivity index (χ0) is 20.5. The van der Waals surface area contributed by atoms with Gasteiger partial charge in [0.15, 0.2) is 0 Å². The number of rotatable bonds is 5. The van der Waals surface area contributed by atoms with Crippen molar-refractivity contribution in [3.63, 3.8) is 0 Å². The van der Waals surface area contributed by atoms with Gasteiger partial charge in [0.25, 0.3) is 11.8 Å². The number of imide groups is 1. The van der Waals surface area contributed by atoms with Crippen LogP contribution in [0.1, 0.15) is 22.5 Å². The zero-order valence-corrected chi connectivity index (χ0v) is 16.8. The molecule has 3 aromatic rings. The molecule has 0 radical (unpaired) electrons. The quantitative estimate of drug-likeness (QED) is 0.609. The highest BCUT2D eigenvalue weighted by atomic mass is 35.5. The van der Waals surface area contributed by atoms with Crippen LogP contribution >= 0.6 is 11.6 Å². The van der Waals surface area contributed by atoms with Gasteiger partial charge in [0.1, 0.15) is 11.5 Å². The number of carbonyl (C=O) groups is 2. The summed E-state index contributed by atoms with van der Waals surface area (Å²) in [5.41, 5.74) is 3.94. The van der Waals surface area contributed by atoms with E-state index in [-0.39, 0.29) is 18.1 Å². The Bertz CT molecular complexity index is 1120. The summed E-state index contributed by atoms with van der Waals surface area (Å²) < 4.78 is 5.33. The number of anilines is 1. The largest absolute Gasteiger partial charge is 0.467 e. The van der Waals surface area contributed by atoms with Gasteiger partial charge in [-0.3, -0.25) is 14.5 Å². The minimum Gasteiger partial charge on any atom is -0.467 e. The van der Waals surface area contributed by atoms with Gasteiger partial charge in [0.05, 0.1) is 18.4 Å². The minimum atomic E-state index is -0.392. The van der Waals surface area contributed by atoms with Crippen LogP contribution in [0, 0.1) is 13.8 Å². The Morgan fingerprint density at radius 2 is 1.76 bits per heavy atom. The highest BCUT2D eigenvalue weighted by Crippen LogP contribution is 2.32. The molecule has 6 heteroatoms. The first-order valence-corrected chi connectivity index (χ1v) is 9.55. The number of carbonyl (C=O) groups excluding carboxylic acids is 2. The Morgan fingerprint density at radius 1 is 1.00 bits per heavy atom. The number of hydrogen-bond acceptors (Lipinski definition) is 4. The van der Waals surface area contributed by atoms with E-state index in [1.54, 1.807) is 30.3 Å². The van der Waals surface area contributed by atoms with Crippen molar-refractivity contribution in [2.24, 2.45) is 0 Å². The first-order valence-electron chi connectivity index (χ1n) is 9.17. The second-order valence-electron chi connectivity index (χ2n) is 6.98. The van der Waals surface area contributed by atoms with Gasteiger partial charge in [-0.1, -0.05) is 41.4 Å². The van der Waals surface area contributed by atoms with Crippen LogP contribution in [0.5, 0.6) is 0 Å². The van der Waals surface area contributed by atoms with E-state index < -0.39 is 5.91 Å². The average Bonchev–Trinajstić information content (AvgIpc) is 3.28. The molecule has 29 heavy (non-hydrogen) atoms. The lowest BCUT2D eigenvalue weighted by Crippen LogP contribution is -2.31. The van der Waals surface area contributed by atoms with Crippen molar-refractivity contribution in [3.05, 3.63) is 94.0 Å². The zero-order valence-electron chi connectivity index (χ0n) is 16.0. The topological polar surface area (TPSA) is 62.6 Å². The summed E-state index contributed by atoms with van der Waals surface area (Å²) in [6.45, 7) is 3.94. The number of halogens is 1. The summed E-state index contributed by atoms with van der Waals surface area (Å²) in [7, 11) is 0. The molecule has 0 atom stereocenters. The van der Waals surface area contributed by atoms with Crippen LogP contribution in [0.3, 0.4) is 0 Å². The molecule has 0 unspecified atom stereocenters. The van der Waals surface area contributed by atoms with Crippen LogP contribution in [0.2, 0.25) is 5.02 Å². The Labute approximate surface area is 173 Å². The normalized spacial score (nSPS) is 14.1. The number of nitrogens with one attached hydrogen (secondary N) is 1. The second kappa shape index (κ2) is 7.60. The van der Waals surface area contributed by atoms with Crippen molar-refractivity contribution in [1.82, 2.24) is 4.90 Å². The predicted octanol–water partition coefficient (Wildman–Crippen LogP) is 4.94. The summed E-state index contributed by atoms with van der Waals surface area (Å²) >= 11 is 6.05. The Hall–Kier alpha value is -3.31. The lowest BCUT2D eigenvalue weighted by molar-refractivity contribution is -0.137. The molecule has 2 heterocycles. The molecule has 1 aliphatic heterocycles. The van der Waals surface area contributed by atoms with Crippen LogP contribution in [0.25, 0.3) is 5.57 Å². The summed E-state index contributed by atoms with van der Waals surface area (Å²) in [6, 6.07) is 16.3. The number of furan rings is 1. The van der Waals surface area contributed by atoms with E-state index in [1.807, 2.05) is 38.1 Å². The van der Waals surface area contributed by atoms with Gasteiger partial charge < -0.3 is 9.73 Å². The molecular formula is C23H19ClN2O3. The summed E-state index contributed by atoms with van der Waals surface area (Å²) in [5, 5.41) is 3.77. The van der Waals surface area contributed by atoms with Crippen molar-refractivity contribution < 1.29 is 14.0 Å². The Morgan fingerprint density at radius 3 is 2.41 bits per heavy atom. The van der Waals surface area contributed by atoms with Crippen molar-refractivity contribution in [2.45, 2.75) is 20.4 Å². The lowest BCUT2D eigenvalue weighted by Gasteiger charge is -2.14. The fraction of sp³-hybridized carbons (Fsp3) is 0.130. The van der Waals surface area contributed by atoms with Gasteiger partial charge in [0.2, 0.25) is 0 Å². The van der Waals surface area contributed by atoms with E-state index in [4.69, 9.17) is 16.0 Å². The van der Waals surface area contributed by atoms with E-state index in [9.17, 15) is 9.59 Å². The molecular weight excluding hydrogens is 388 g/mol. The number of aryl methyl sites for hydroxylation is 2. The lowest BCUT2D eigenvalue weighted by atomic mass is 10.0. The number of hydrogen-bond donors (Lipinski definition) is 1. The Kier molecular flexibility index (Phi) is 4.99. The molecule has 146 valence electrons. The SMILES string of the molecule is Cc1ccc(C2=C(Nc3ccc(Cl)cc3C)C(=O)N(Cc3ccco3)C2=O)cc1. The van der Waals surface area contributed by atoms with Gasteiger partial charge in [-0.2, -0.15) is 0 Å². The molecule has 0 aliphatic carbocycles. The fourth-order valence-corrected chi connectivity index (χ4v) is 3.51. The maximum atomic E-state index is 13.2. The van der Waals surface area contributed by atoms with Crippen molar-refractivity contribution >= 4 is 34.7 Å². The third-order valence-electron chi connectivity index (χ3n) is 4.85. The summed E-state index contributed by atoms with van der Waals surface area (Å²) in [4.78, 5) is 27.6. The number of amides is 2. The molecule has 2 aromatic carbocycles. The van der Waals surface area contributed by atoms with Gasteiger partial charge >= 0.3 is 0 Å². The van der Waals surface area contributed by atoms with Crippen molar-refractivity contribution in [1.29, 1.82) is 0 Å². The molecule has 0 fully saturated rings. The molecule has 0 spiro atoms. The van der Waals surface area contributed by atoms with Gasteiger partial charge in [-0.25, -0.2) is 0 Å². The average molecular weight is 407 g/mol. The standard InChI is InChI=1S/C23H19ClN2O3/c1-14-5-7-16(8-6-14)20-21(25-19-10-9-17(24)12-15(19)2)23(28)26(22(20)27)13-18-4-3-11-29-18/h3-12,25H,13H2,1-2H3. The van der Waals surface area contributed by atoms with Crippen LogP contribution in [-0.2, 0) is 16.1 Å². The second-order valence-corrected chi connectivity index (χ2v) is 7.41. The van der Waals surface area contributed by atoms with E-state index in [2.05, 4.69) is 5.32 Å². The third kappa shape index (κ3) is 3.69. The van der Waals surface area contributed by atoms with E-state index in [1.165, 1.54) is 11.2 Å². The van der Waals surface area contributed by atoms with Gasteiger partial charge in [0, 0.05) is 10.7 Å². The minimum absolute atomic E-state index is 0.0742. The first-order chi connectivity index (χ1) is 13.9. The molecule has 1 aliphatic rings. The van der Waals surface area contributed by atoms with Crippen LogP contribution in [0.15, 0.2) is 71.0 Å².